The van der Waals surface area contributed by atoms with Crippen LogP contribution in [0.25, 0.3) is 0 Å². The van der Waals surface area contributed by atoms with E-state index in [2.05, 4.69) is 21.3 Å². The number of nitrogens with zero attached hydrogens (tertiary/aromatic N) is 1. The van der Waals surface area contributed by atoms with E-state index >= 15 is 0 Å². The van der Waals surface area contributed by atoms with E-state index < -0.39 is 103 Å². The molecule has 250 valence electrons. The van der Waals surface area contributed by atoms with Crippen LogP contribution in [0.4, 0.5) is 0 Å². The van der Waals surface area contributed by atoms with Gasteiger partial charge in [0.1, 0.15) is 36.3 Å². The zero-order valence-electron chi connectivity index (χ0n) is 25.7. The molecule has 0 bridgehead atoms. The molecule has 0 aromatic rings. The first-order valence-corrected chi connectivity index (χ1v) is 14.5. The fourth-order valence-corrected chi connectivity index (χ4v) is 4.57. The van der Waals surface area contributed by atoms with Gasteiger partial charge in [-0.05, 0) is 38.0 Å². The summed E-state index contributed by atoms with van der Waals surface area (Å²) < 4.78 is 0. The molecular formula is C27H47N7O10. The molecule has 1 heterocycles. The molecule has 0 aliphatic carbocycles. The lowest BCUT2D eigenvalue weighted by atomic mass is 10.0. The Kier molecular flexibility index (Phi) is 15.2. The lowest BCUT2D eigenvalue weighted by Crippen LogP contribution is -2.61. The van der Waals surface area contributed by atoms with Crippen LogP contribution in [0.3, 0.4) is 0 Å². The second-order valence-corrected chi connectivity index (χ2v) is 11.7. The van der Waals surface area contributed by atoms with Crippen molar-refractivity contribution in [2.45, 2.75) is 103 Å². The van der Waals surface area contributed by atoms with Gasteiger partial charge in [0, 0.05) is 6.54 Å². The van der Waals surface area contributed by atoms with Crippen molar-refractivity contribution in [3.8, 4) is 0 Å². The van der Waals surface area contributed by atoms with Crippen molar-refractivity contribution < 1.29 is 48.9 Å². The Morgan fingerprint density at radius 3 is 1.84 bits per heavy atom. The summed E-state index contributed by atoms with van der Waals surface area (Å²) in [5.74, 6) is -7.07. The first-order valence-electron chi connectivity index (χ1n) is 14.5. The van der Waals surface area contributed by atoms with Gasteiger partial charge in [-0.15, -0.1) is 0 Å². The van der Waals surface area contributed by atoms with Crippen molar-refractivity contribution >= 4 is 41.4 Å². The highest BCUT2D eigenvalue weighted by atomic mass is 16.4. The number of carbonyl (C=O) groups is 7. The fraction of sp³-hybridized carbons (Fsp3) is 0.741. The molecule has 0 saturated carbocycles. The Balaban J connectivity index is 3.08. The molecule has 1 aliphatic rings. The molecule has 1 fully saturated rings. The number of nitrogens with two attached hydrogens (primary N) is 2. The van der Waals surface area contributed by atoms with Gasteiger partial charge in [0.2, 0.25) is 35.4 Å². The molecule has 1 rings (SSSR count). The zero-order valence-corrected chi connectivity index (χ0v) is 25.7. The summed E-state index contributed by atoms with van der Waals surface area (Å²) in [6, 6.07) is -7.99. The molecule has 17 nitrogen and oxygen atoms in total. The fourth-order valence-electron chi connectivity index (χ4n) is 4.57. The minimum Gasteiger partial charge on any atom is -0.480 e. The number of aliphatic hydroxyl groups excluding tert-OH is 2. The predicted octanol–water partition coefficient (Wildman–Crippen LogP) is -3.72. The summed E-state index contributed by atoms with van der Waals surface area (Å²) in [6.45, 7) is 7.35. The molecule has 44 heavy (non-hydrogen) atoms. The second kappa shape index (κ2) is 17.5. The largest absolute Gasteiger partial charge is 0.480 e. The highest BCUT2D eigenvalue weighted by molar-refractivity contribution is 5.97. The molecule has 0 aromatic carbocycles. The summed E-state index contributed by atoms with van der Waals surface area (Å²) in [5, 5.41) is 38.4. The van der Waals surface area contributed by atoms with Crippen LogP contribution >= 0.6 is 0 Å². The van der Waals surface area contributed by atoms with Gasteiger partial charge in [0.25, 0.3) is 0 Å². The van der Waals surface area contributed by atoms with Crippen LogP contribution in [0, 0.1) is 11.8 Å². The van der Waals surface area contributed by atoms with Crippen LogP contribution < -0.4 is 32.7 Å². The van der Waals surface area contributed by atoms with Crippen LogP contribution in [0.15, 0.2) is 0 Å². The number of nitrogens with one attached hydrogen (secondary N) is 4. The molecule has 0 aromatic heterocycles. The van der Waals surface area contributed by atoms with Crippen molar-refractivity contribution in [2.24, 2.45) is 23.3 Å². The Labute approximate surface area is 255 Å². The number of carboxylic acids is 1. The van der Waals surface area contributed by atoms with Gasteiger partial charge < -0.3 is 53.0 Å². The summed E-state index contributed by atoms with van der Waals surface area (Å²) >= 11 is 0. The molecule has 0 unspecified atom stereocenters. The van der Waals surface area contributed by atoms with E-state index in [0.717, 1.165) is 0 Å². The number of amides is 6. The molecule has 7 atom stereocenters. The number of carbonyl (C=O) groups excluding carboxylic acids is 6. The molecule has 17 heteroatoms. The molecule has 1 aliphatic heterocycles. The smallest absolute Gasteiger partial charge is 0.326 e. The maximum Gasteiger partial charge on any atom is 0.326 e. The molecule has 1 saturated heterocycles. The van der Waals surface area contributed by atoms with Crippen LogP contribution in [0.1, 0.15) is 60.3 Å². The van der Waals surface area contributed by atoms with Crippen molar-refractivity contribution in [3.63, 3.8) is 0 Å². The van der Waals surface area contributed by atoms with Crippen molar-refractivity contribution in [1.29, 1.82) is 0 Å². The molecule has 0 spiro atoms. The van der Waals surface area contributed by atoms with Crippen molar-refractivity contribution in [2.75, 3.05) is 13.2 Å². The number of hydrogen-bond acceptors (Lipinski definition) is 10. The van der Waals surface area contributed by atoms with E-state index in [9.17, 15) is 48.9 Å². The highest BCUT2D eigenvalue weighted by Gasteiger charge is 2.39. The lowest BCUT2D eigenvalue weighted by molar-refractivity contribution is -0.150. The molecule has 6 amide bonds. The SMILES string of the molecule is CC(C)C[C@H](NC(=O)[C@H](CC(N)=O)NC(=O)[C@@H](N)[C@@H](C)O)C(=O)N[C@@H](CO)C(=O)N[C@H](C(=O)N1CCC[C@H]1C(=O)O)C(C)C. The van der Waals surface area contributed by atoms with Gasteiger partial charge in [-0.2, -0.15) is 0 Å². The first kappa shape index (κ1) is 38.2. The number of rotatable bonds is 17. The average molecular weight is 630 g/mol. The van der Waals surface area contributed by atoms with Crippen molar-refractivity contribution in [1.82, 2.24) is 26.2 Å². The van der Waals surface area contributed by atoms with Crippen LogP contribution in [-0.2, 0) is 33.6 Å². The topological polar surface area (TPSA) is 284 Å². The quantitative estimate of drug-likeness (QED) is 0.0754. The molecular weight excluding hydrogens is 582 g/mol. The molecule has 11 N–H and O–H groups in total. The standard InChI is InChI=1S/C27H47N7O10/c1-12(2)9-15(30-23(39)16(10-19(28)37)31-25(41)20(29)14(5)36)22(38)32-17(11-35)24(40)33-21(13(3)4)26(42)34-8-6-7-18(34)27(43)44/h12-18,20-21,35-36H,6-11,29H2,1-5H3,(H2,28,37)(H,30,39)(H,31,41)(H,32,38)(H,33,40)(H,43,44)/t14-,15+,16+,17+,18+,20+,21+/m1/s1. The third kappa shape index (κ3) is 11.3. The summed E-state index contributed by atoms with van der Waals surface area (Å²) in [6.07, 6.45) is -1.12. The third-order valence-corrected chi connectivity index (χ3v) is 7.07. The summed E-state index contributed by atoms with van der Waals surface area (Å²) in [7, 11) is 0. The maximum absolute atomic E-state index is 13.2. The maximum atomic E-state index is 13.2. The highest BCUT2D eigenvalue weighted by Crippen LogP contribution is 2.20. The van der Waals surface area contributed by atoms with E-state index in [4.69, 9.17) is 11.5 Å². The average Bonchev–Trinajstić information content (AvgIpc) is 3.42. The zero-order chi connectivity index (χ0) is 33.9. The van der Waals surface area contributed by atoms with E-state index in [-0.39, 0.29) is 25.3 Å². The number of carboxylic acid groups (broad SMARTS) is 1. The Morgan fingerprint density at radius 1 is 0.841 bits per heavy atom. The number of hydrogen-bond donors (Lipinski definition) is 9. The number of likely N-dealkylation sites (tertiary alicyclic amines) is 1. The van der Waals surface area contributed by atoms with Crippen molar-refractivity contribution in [3.05, 3.63) is 0 Å². The third-order valence-electron chi connectivity index (χ3n) is 7.07. The molecule has 0 radical (unpaired) electrons. The van der Waals surface area contributed by atoms with Gasteiger partial charge in [-0.1, -0.05) is 27.7 Å². The summed E-state index contributed by atoms with van der Waals surface area (Å²) in [4.78, 5) is 89.2. The van der Waals surface area contributed by atoms with Crippen LogP contribution in [0.2, 0.25) is 0 Å². The van der Waals surface area contributed by atoms with Crippen LogP contribution in [-0.4, -0.2) is 117 Å². The number of aliphatic hydroxyl groups is 2. The van der Waals surface area contributed by atoms with Crippen LogP contribution in [0.5, 0.6) is 0 Å². The second-order valence-electron chi connectivity index (χ2n) is 11.7. The van der Waals surface area contributed by atoms with E-state index in [1.54, 1.807) is 27.7 Å². The predicted molar refractivity (Wildman–Crippen MR) is 155 cm³/mol. The minimum absolute atomic E-state index is 0.0421. The van der Waals surface area contributed by atoms with Gasteiger partial charge >= 0.3 is 5.97 Å². The van der Waals surface area contributed by atoms with Gasteiger partial charge in [0.05, 0.1) is 19.1 Å². The minimum atomic E-state index is -1.55. The van der Waals surface area contributed by atoms with E-state index in [0.29, 0.717) is 6.42 Å². The number of aliphatic carboxylic acids is 1. The van der Waals surface area contributed by atoms with Gasteiger partial charge in [-0.3, -0.25) is 28.8 Å². The van der Waals surface area contributed by atoms with E-state index in [1.807, 2.05) is 0 Å². The van der Waals surface area contributed by atoms with Gasteiger partial charge in [0.15, 0.2) is 0 Å². The Bertz CT molecular complexity index is 1070. The lowest BCUT2D eigenvalue weighted by Gasteiger charge is -2.31. The Morgan fingerprint density at radius 2 is 1.36 bits per heavy atom. The number of primary amides is 1. The van der Waals surface area contributed by atoms with E-state index in [1.165, 1.54) is 11.8 Å². The first-order chi connectivity index (χ1) is 20.4. The monoisotopic (exact) mass is 629 g/mol. The normalized spacial score (nSPS) is 18.9. The summed E-state index contributed by atoms with van der Waals surface area (Å²) in [5.41, 5.74) is 10.8. The van der Waals surface area contributed by atoms with Gasteiger partial charge in [-0.25, -0.2) is 4.79 Å². The Hall–Kier alpha value is -3.83.